The fourth-order valence-electron chi connectivity index (χ4n) is 3.17. The average Bonchev–Trinajstić information content (AvgIpc) is 3.05. The van der Waals surface area contributed by atoms with Crippen LogP contribution in [0.3, 0.4) is 0 Å². The Balaban J connectivity index is 1.58. The molecule has 4 rings (SSSR count). The molecule has 120 valence electrons. The number of carbonyl (C=O) groups is 1. The number of hydrogen-bond acceptors (Lipinski definition) is 5. The summed E-state index contributed by atoms with van der Waals surface area (Å²) in [6, 6.07) is 9.10. The van der Waals surface area contributed by atoms with Crippen LogP contribution in [0.4, 0.5) is 5.88 Å². The van der Waals surface area contributed by atoms with E-state index in [0.717, 1.165) is 25.2 Å². The summed E-state index contributed by atoms with van der Waals surface area (Å²) in [5, 5.41) is 8.00. The van der Waals surface area contributed by atoms with Crippen LogP contribution in [0.5, 0.6) is 0 Å². The predicted octanol–water partition coefficient (Wildman–Crippen LogP) is 1.62. The second-order valence-electron chi connectivity index (χ2n) is 5.81. The molecule has 3 heterocycles. The zero-order valence-corrected chi connectivity index (χ0v) is 13.3. The molecule has 2 aromatic rings. The zero-order valence-electron chi connectivity index (χ0n) is 12.5. The van der Waals surface area contributed by atoms with Gasteiger partial charge in [-0.2, -0.15) is 0 Å². The number of halogens is 1. The van der Waals surface area contributed by atoms with Crippen LogP contribution in [0.1, 0.15) is 0 Å². The summed E-state index contributed by atoms with van der Waals surface area (Å²) in [6.45, 7) is 4.01. The number of benzene rings is 1. The summed E-state index contributed by atoms with van der Waals surface area (Å²) in [5.41, 5.74) is 1.55. The lowest BCUT2D eigenvalue weighted by atomic mass is 10.1. The first-order chi connectivity index (χ1) is 11.2. The lowest BCUT2D eigenvalue weighted by Gasteiger charge is -2.42. The van der Waals surface area contributed by atoms with Gasteiger partial charge in [-0.15, -0.1) is 0 Å². The van der Waals surface area contributed by atoms with Crippen molar-refractivity contribution in [3.8, 4) is 11.3 Å². The van der Waals surface area contributed by atoms with Gasteiger partial charge in [-0.3, -0.25) is 14.6 Å². The highest BCUT2D eigenvalue weighted by Crippen LogP contribution is 2.28. The molecule has 6 nitrogen and oxygen atoms in total. The number of nitrogens with zero attached hydrogens (tertiary/aromatic N) is 3. The van der Waals surface area contributed by atoms with Gasteiger partial charge in [0.05, 0.1) is 0 Å². The molecule has 0 saturated carbocycles. The van der Waals surface area contributed by atoms with E-state index in [1.54, 1.807) is 11.0 Å². The summed E-state index contributed by atoms with van der Waals surface area (Å²) in [5.74, 6) is 0.562. The summed E-state index contributed by atoms with van der Waals surface area (Å²) >= 11 is 6.01. The minimum atomic E-state index is -0.114. The Morgan fingerprint density at radius 1 is 1.26 bits per heavy atom. The van der Waals surface area contributed by atoms with Gasteiger partial charge < -0.3 is 9.84 Å². The van der Waals surface area contributed by atoms with Crippen LogP contribution >= 0.6 is 11.6 Å². The Labute approximate surface area is 139 Å². The highest BCUT2D eigenvalue weighted by atomic mass is 35.5. The third-order valence-electron chi connectivity index (χ3n) is 4.40. The van der Waals surface area contributed by atoms with Gasteiger partial charge in [0.1, 0.15) is 11.7 Å². The molecule has 2 saturated heterocycles. The van der Waals surface area contributed by atoms with E-state index in [1.807, 2.05) is 24.3 Å². The van der Waals surface area contributed by atoms with Crippen molar-refractivity contribution in [1.29, 1.82) is 0 Å². The lowest BCUT2D eigenvalue weighted by molar-refractivity contribution is -0.126. The molecule has 1 atom stereocenters. The molecular formula is C16H17ClN4O2. The van der Waals surface area contributed by atoms with Crippen LogP contribution in [0.25, 0.3) is 11.3 Å². The fourth-order valence-corrected chi connectivity index (χ4v) is 3.36. The zero-order chi connectivity index (χ0) is 15.8. The topological polar surface area (TPSA) is 61.6 Å². The molecule has 1 aromatic carbocycles. The molecule has 0 bridgehead atoms. The van der Waals surface area contributed by atoms with Crippen molar-refractivity contribution >= 4 is 23.4 Å². The maximum atomic E-state index is 12.7. The molecule has 2 aliphatic heterocycles. The first kappa shape index (κ1) is 14.7. The Morgan fingerprint density at radius 2 is 2.17 bits per heavy atom. The van der Waals surface area contributed by atoms with Crippen LogP contribution in [-0.2, 0) is 4.79 Å². The number of anilines is 1. The first-order valence-corrected chi connectivity index (χ1v) is 8.09. The molecule has 2 fully saturated rings. The second kappa shape index (κ2) is 5.96. The number of aromatic nitrogens is 1. The van der Waals surface area contributed by atoms with Crippen LogP contribution in [0.15, 0.2) is 34.9 Å². The standard InChI is InChI=1S/C16H17ClN4O2/c17-12-3-1-2-11(8-12)13-9-15(23-19-13)21-7-6-20-5-4-18-10-14(20)16(21)22/h1-3,8-9,14,18H,4-7,10H2/t14-/m1/s1. The highest BCUT2D eigenvalue weighted by Gasteiger charge is 2.38. The van der Waals surface area contributed by atoms with E-state index in [2.05, 4.69) is 15.4 Å². The molecule has 0 unspecified atom stereocenters. The normalized spacial score (nSPS) is 22.2. The van der Waals surface area contributed by atoms with Crippen molar-refractivity contribution in [2.24, 2.45) is 0 Å². The molecule has 0 spiro atoms. The lowest BCUT2D eigenvalue weighted by Crippen LogP contribution is -2.64. The smallest absolute Gasteiger partial charge is 0.248 e. The molecular weight excluding hydrogens is 316 g/mol. The highest BCUT2D eigenvalue weighted by molar-refractivity contribution is 6.30. The Bertz CT molecular complexity index is 732. The molecule has 0 aliphatic carbocycles. The number of fused-ring (bicyclic) bond motifs is 1. The number of amides is 1. The molecule has 7 heteroatoms. The number of rotatable bonds is 2. The second-order valence-corrected chi connectivity index (χ2v) is 6.24. The quantitative estimate of drug-likeness (QED) is 0.905. The van der Waals surface area contributed by atoms with Crippen molar-refractivity contribution in [2.45, 2.75) is 6.04 Å². The molecule has 23 heavy (non-hydrogen) atoms. The van der Waals surface area contributed by atoms with E-state index in [1.165, 1.54) is 0 Å². The van der Waals surface area contributed by atoms with Crippen molar-refractivity contribution in [3.05, 3.63) is 35.4 Å². The van der Waals surface area contributed by atoms with Crippen LogP contribution in [0.2, 0.25) is 5.02 Å². The number of piperazine rings is 2. The number of carbonyl (C=O) groups excluding carboxylic acids is 1. The third kappa shape index (κ3) is 2.73. The SMILES string of the molecule is O=C1[C@H]2CNCCN2CCN1c1cc(-c2cccc(Cl)c2)no1. The van der Waals surface area contributed by atoms with E-state index < -0.39 is 0 Å². The van der Waals surface area contributed by atoms with E-state index in [0.29, 0.717) is 29.7 Å². The van der Waals surface area contributed by atoms with E-state index in [4.69, 9.17) is 16.1 Å². The minimum absolute atomic E-state index is 0.0669. The van der Waals surface area contributed by atoms with Crippen LogP contribution < -0.4 is 10.2 Å². The average molecular weight is 333 g/mol. The Hall–Kier alpha value is -1.89. The summed E-state index contributed by atoms with van der Waals surface area (Å²) in [4.78, 5) is 16.6. The Morgan fingerprint density at radius 3 is 3.04 bits per heavy atom. The van der Waals surface area contributed by atoms with E-state index >= 15 is 0 Å². The molecule has 2 aliphatic rings. The van der Waals surface area contributed by atoms with Gasteiger partial charge in [0.25, 0.3) is 0 Å². The van der Waals surface area contributed by atoms with Crippen LogP contribution in [-0.4, -0.2) is 54.7 Å². The maximum absolute atomic E-state index is 12.7. The van der Waals surface area contributed by atoms with E-state index in [-0.39, 0.29) is 11.9 Å². The Kier molecular flexibility index (Phi) is 3.80. The molecule has 1 aromatic heterocycles. The monoisotopic (exact) mass is 332 g/mol. The fraction of sp³-hybridized carbons (Fsp3) is 0.375. The van der Waals surface area contributed by atoms with Gasteiger partial charge in [0.15, 0.2) is 0 Å². The third-order valence-corrected chi connectivity index (χ3v) is 4.64. The van der Waals surface area contributed by atoms with Crippen LogP contribution in [0, 0.1) is 0 Å². The van der Waals surface area contributed by atoms with Crippen molar-refractivity contribution in [2.75, 3.05) is 37.6 Å². The van der Waals surface area contributed by atoms with Crippen molar-refractivity contribution in [3.63, 3.8) is 0 Å². The molecule has 1 amide bonds. The van der Waals surface area contributed by atoms with Gasteiger partial charge in [-0.1, -0.05) is 28.9 Å². The molecule has 0 radical (unpaired) electrons. The largest absolute Gasteiger partial charge is 0.338 e. The van der Waals surface area contributed by atoms with Gasteiger partial charge in [-0.25, -0.2) is 0 Å². The van der Waals surface area contributed by atoms with Gasteiger partial charge in [-0.05, 0) is 12.1 Å². The van der Waals surface area contributed by atoms with Crippen molar-refractivity contribution < 1.29 is 9.32 Å². The minimum Gasteiger partial charge on any atom is -0.338 e. The molecule has 1 N–H and O–H groups in total. The summed E-state index contributed by atoms with van der Waals surface area (Å²) in [6.07, 6.45) is 0. The predicted molar refractivity (Wildman–Crippen MR) is 87.5 cm³/mol. The number of hydrogen-bond donors (Lipinski definition) is 1. The van der Waals surface area contributed by atoms with Gasteiger partial charge in [0, 0.05) is 49.4 Å². The first-order valence-electron chi connectivity index (χ1n) is 7.71. The van der Waals surface area contributed by atoms with E-state index in [9.17, 15) is 4.79 Å². The summed E-state index contributed by atoms with van der Waals surface area (Å²) < 4.78 is 5.42. The maximum Gasteiger partial charge on any atom is 0.248 e. The summed E-state index contributed by atoms with van der Waals surface area (Å²) in [7, 11) is 0. The van der Waals surface area contributed by atoms with Gasteiger partial charge in [0.2, 0.25) is 11.8 Å². The van der Waals surface area contributed by atoms with Gasteiger partial charge >= 0.3 is 0 Å². The van der Waals surface area contributed by atoms with Crippen molar-refractivity contribution in [1.82, 2.24) is 15.4 Å². The number of nitrogens with one attached hydrogen (secondary N) is 1.